The molecule has 1 aromatic rings. The van der Waals surface area contributed by atoms with E-state index < -0.39 is 0 Å². The van der Waals surface area contributed by atoms with Crippen LogP contribution in [0.2, 0.25) is 0 Å². The molecule has 3 heteroatoms. The molecule has 1 heterocycles. The van der Waals surface area contributed by atoms with Crippen LogP contribution < -0.4 is 5.32 Å². The Morgan fingerprint density at radius 1 is 1.38 bits per heavy atom. The first-order valence-electron chi connectivity index (χ1n) is 5.74. The molecule has 0 amide bonds. The molecule has 1 atom stereocenters. The lowest BCUT2D eigenvalue weighted by molar-refractivity contribution is -0.114. The smallest absolute Gasteiger partial charge is 0.182 e. The fraction of sp³-hybridized carbons (Fsp3) is 0.385. The minimum atomic E-state index is 0.0306. The van der Waals surface area contributed by atoms with Crippen molar-refractivity contribution in [1.82, 2.24) is 0 Å². The van der Waals surface area contributed by atoms with E-state index in [1.807, 2.05) is 31.2 Å². The molecule has 0 spiro atoms. The van der Waals surface area contributed by atoms with Gasteiger partial charge in [-0.25, -0.2) is 4.99 Å². The predicted octanol–water partition coefficient (Wildman–Crippen LogP) is 2.55. The van der Waals surface area contributed by atoms with Crippen molar-refractivity contribution in [2.45, 2.75) is 25.8 Å². The van der Waals surface area contributed by atoms with Crippen LogP contribution in [-0.2, 0) is 4.79 Å². The van der Waals surface area contributed by atoms with Crippen LogP contribution in [0.1, 0.15) is 19.8 Å². The zero-order valence-corrected chi connectivity index (χ0v) is 9.23. The topological polar surface area (TPSA) is 41.5 Å². The Kier molecular flexibility index (Phi) is 2.06. The van der Waals surface area contributed by atoms with E-state index in [1.165, 1.54) is 0 Å². The normalized spacial score (nSPS) is 23.1. The Morgan fingerprint density at radius 2 is 2.12 bits per heavy atom. The Hall–Kier alpha value is -1.64. The van der Waals surface area contributed by atoms with Gasteiger partial charge in [0.15, 0.2) is 5.78 Å². The summed E-state index contributed by atoms with van der Waals surface area (Å²) in [6.45, 7) is 2.00. The van der Waals surface area contributed by atoms with Gasteiger partial charge >= 0.3 is 0 Å². The zero-order chi connectivity index (χ0) is 11.1. The van der Waals surface area contributed by atoms with Crippen LogP contribution in [-0.4, -0.2) is 17.5 Å². The fourth-order valence-corrected chi connectivity index (χ4v) is 2.04. The molecule has 3 nitrogen and oxygen atoms in total. The van der Waals surface area contributed by atoms with Gasteiger partial charge in [-0.05, 0) is 31.9 Å². The number of carbonyl (C=O) groups is 1. The molecule has 1 fully saturated rings. The second-order valence-electron chi connectivity index (χ2n) is 4.52. The van der Waals surface area contributed by atoms with E-state index in [2.05, 4.69) is 10.3 Å². The molecule has 0 aromatic heterocycles. The molecule has 1 aromatic carbocycles. The maximum Gasteiger partial charge on any atom is 0.182 e. The first kappa shape index (κ1) is 9.58. The highest BCUT2D eigenvalue weighted by molar-refractivity contribution is 6.44. The molecule has 1 unspecified atom stereocenters. The minimum absolute atomic E-state index is 0.0306. The summed E-state index contributed by atoms with van der Waals surface area (Å²) in [6.07, 6.45) is 2.07. The van der Waals surface area contributed by atoms with E-state index in [1.54, 1.807) is 0 Å². The summed E-state index contributed by atoms with van der Waals surface area (Å²) in [4.78, 5) is 16.5. The van der Waals surface area contributed by atoms with Crippen molar-refractivity contribution in [1.29, 1.82) is 0 Å². The monoisotopic (exact) mass is 214 g/mol. The highest BCUT2D eigenvalue weighted by Gasteiger charge is 2.35. The molecule has 16 heavy (non-hydrogen) atoms. The maximum atomic E-state index is 12.0. The lowest BCUT2D eigenvalue weighted by Gasteiger charge is -2.23. The Bertz CT molecular complexity index is 475. The summed E-state index contributed by atoms with van der Waals surface area (Å²) in [7, 11) is 0. The Morgan fingerprint density at radius 3 is 2.88 bits per heavy atom. The van der Waals surface area contributed by atoms with Gasteiger partial charge in [0.25, 0.3) is 0 Å². The summed E-state index contributed by atoms with van der Waals surface area (Å²) in [5.41, 5.74) is 2.59. The lowest BCUT2D eigenvalue weighted by atomic mass is 10.0. The quantitative estimate of drug-likeness (QED) is 0.822. The summed E-state index contributed by atoms with van der Waals surface area (Å²) >= 11 is 0. The van der Waals surface area contributed by atoms with Gasteiger partial charge in [-0.1, -0.05) is 12.1 Å². The largest absolute Gasteiger partial charge is 0.375 e. The number of ketones is 1. The van der Waals surface area contributed by atoms with Crippen LogP contribution in [0.15, 0.2) is 29.3 Å². The van der Waals surface area contributed by atoms with Gasteiger partial charge in [-0.15, -0.1) is 0 Å². The molecular weight excluding hydrogens is 200 g/mol. The number of hydrogen-bond acceptors (Lipinski definition) is 3. The van der Waals surface area contributed by atoms with Crippen LogP contribution in [0.4, 0.5) is 11.4 Å². The van der Waals surface area contributed by atoms with E-state index in [4.69, 9.17) is 0 Å². The van der Waals surface area contributed by atoms with Crippen LogP contribution in [0.5, 0.6) is 0 Å². The van der Waals surface area contributed by atoms with E-state index in [-0.39, 0.29) is 17.7 Å². The third-order valence-electron chi connectivity index (χ3n) is 3.13. The van der Waals surface area contributed by atoms with Crippen molar-refractivity contribution in [2.24, 2.45) is 10.9 Å². The molecule has 3 rings (SSSR count). The molecule has 1 aliphatic carbocycles. The van der Waals surface area contributed by atoms with Crippen molar-refractivity contribution in [3.63, 3.8) is 0 Å². The van der Waals surface area contributed by atoms with Gasteiger partial charge in [0.2, 0.25) is 0 Å². The summed E-state index contributed by atoms with van der Waals surface area (Å²) in [5.74, 6) is 0.475. The summed E-state index contributed by atoms with van der Waals surface area (Å²) in [6, 6.07) is 7.88. The van der Waals surface area contributed by atoms with Gasteiger partial charge in [-0.2, -0.15) is 0 Å². The predicted molar refractivity (Wildman–Crippen MR) is 64.4 cm³/mol. The van der Waals surface area contributed by atoms with Gasteiger partial charge in [0, 0.05) is 5.92 Å². The van der Waals surface area contributed by atoms with Gasteiger partial charge in [0.05, 0.1) is 17.4 Å². The molecule has 0 bridgehead atoms. The van der Waals surface area contributed by atoms with E-state index in [9.17, 15) is 4.79 Å². The minimum Gasteiger partial charge on any atom is -0.375 e. The molecule has 1 N–H and O–H groups in total. The van der Waals surface area contributed by atoms with Crippen molar-refractivity contribution < 1.29 is 4.79 Å². The van der Waals surface area contributed by atoms with E-state index in [0.29, 0.717) is 5.71 Å². The van der Waals surface area contributed by atoms with Crippen molar-refractivity contribution in [3.05, 3.63) is 24.3 Å². The number of nitrogens with zero attached hydrogens (tertiary/aromatic N) is 1. The molecule has 2 aliphatic rings. The maximum absolute atomic E-state index is 12.0. The molecule has 0 radical (unpaired) electrons. The number of rotatable bonds is 2. The third-order valence-corrected chi connectivity index (χ3v) is 3.13. The Labute approximate surface area is 94.6 Å². The highest BCUT2D eigenvalue weighted by Crippen LogP contribution is 2.34. The number of benzene rings is 1. The second-order valence-corrected chi connectivity index (χ2v) is 4.52. The van der Waals surface area contributed by atoms with Crippen LogP contribution in [0.3, 0.4) is 0 Å². The number of aliphatic imine (C=N–C) groups is 1. The number of Topliss-reactive ketones (excluding diaryl/α,β-unsaturated/α-hetero) is 1. The molecule has 1 aliphatic heterocycles. The molecule has 0 saturated heterocycles. The zero-order valence-electron chi connectivity index (χ0n) is 9.23. The molecule has 82 valence electrons. The lowest BCUT2D eigenvalue weighted by Crippen LogP contribution is -2.35. The number of anilines is 1. The average molecular weight is 214 g/mol. The first-order chi connectivity index (χ1) is 7.75. The van der Waals surface area contributed by atoms with E-state index >= 15 is 0 Å². The number of nitrogens with one attached hydrogen (secondary N) is 1. The second kappa shape index (κ2) is 3.44. The Balaban J connectivity index is 1.99. The van der Waals surface area contributed by atoms with E-state index in [0.717, 1.165) is 24.2 Å². The van der Waals surface area contributed by atoms with Gasteiger partial charge < -0.3 is 5.32 Å². The van der Waals surface area contributed by atoms with Crippen LogP contribution >= 0.6 is 0 Å². The number of carbonyl (C=O) groups excluding carboxylic acids is 1. The van der Waals surface area contributed by atoms with Gasteiger partial charge in [0.1, 0.15) is 5.71 Å². The molecular formula is C13H14N2O. The van der Waals surface area contributed by atoms with Crippen molar-refractivity contribution in [3.8, 4) is 0 Å². The highest BCUT2D eigenvalue weighted by atomic mass is 16.1. The number of hydrogen-bond donors (Lipinski definition) is 1. The van der Waals surface area contributed by atoms with Crippen LogP contribution in [0.25, 0.3) is 0 Å². The summed E-state index contributed by atoms with van der Waals surface area (Å²) in [5, 5.41) is 3.32. The fourth-order valence-electron chi connectivity index (χ4n) is 2.04. The van der Waals surface area contributed by atoms with Gasteiger partial charge in [-0.3, -0.25) is 4.79 Å². The number of fused-ring (bicyclic) bond motifs is 1. The third kappa shape index (κ3) is 1.52. The van der Waals surface area contributed by atoms with Crippen LogP contribution in [0, 0.1) is 5.92 Å². The SMILES string of the molecule is CC1Nc2ccccc2N=C1C(=O)C1CC1. The first-order valence-corrected chi connectivity index (χ1v) is 5.74. The standard InChI is InChI=1S/C13H14N2O/c1-8-12(13(16)9-6-7-9)15-11-5-3-2-4-10(11)14-8/h2-5,8-9,14H,6-7H2,1H3. The van der Waals surface area contributed by atoms with Crippen molar-refractivity contribution in [2.75, 3.05) is 5.32 Å². The summed E-state index contributed by atoms with van der Waals surface area (Å²) < 4.78 is 0. The average Bonchev–Trinajstić information content (AvgIpc) is 3.11. The van der Waals surface area contributed by atoms with Crippen molar-refractivity contribution >= 4 is 22.9 Å². The molecule has 1 saturated carbocycles. The number of para-hydroxylation sites is 2.